The number of allylic oxidation sites excluding steroid dienone is 3. The molecule has 0 radical (unpaired) electrons. The number of rotatable bonds is 5. The van der Waals surface area contributed by atoms with Gasteiger partial charge in [-0.15, -0.1) is 0 Å². The standard InChI is InChI=1S/C16H20N2O2/c1-12(2)7-6-8-13(3)11-15-19-16(18-20-15)14-9-4-5-10-17-14/h4-5,7,9-11,15H,6,8H2,1-3H3/b13-11+. The predicted molar refractivity (Wildman–Crippen MR) is 79.2 cm³/mol. The molecule has 0 saturated carbocycles. The van der Waals surface area contributed by atoms with E-state index in [-0.39, 0.29) is 0 Å². The van der Waals surface area contributed by atoms with Gasteiger partial charge in [0.05, 0.1) is 0 Å². The van der Waals surface area contributed by atoms with Gasteiger partial charge in [0.25, 0.3) is 12.2 Å². The van der Waals surface area contributed by atoms with E-state index in [9.17, 15) is 0 Å². The molecule has 0 bridgehead atoms. The topological polar surface area (TPSA) is 43.7 Å². The number of hydrogen-bond donors (Lipinski definition) is 0. The molecule has 1 aliphatic rings. The zero-order valence-electron chi connectivity index (χ0n) is 12.2. The molecule has 0 N–H and O–H groups in total. The van der Waals surface area contributed by atoms with Gasteiger partial charge < -0.3 is 9.57 Å². The first-order valence-electron chi connectivity index (χ1n) is 6.77. The molecule has 1 aromatic heterocycles. The summed E-state index contributed by atoms with van der Waals surface area (Å²) in [6.07, 6.45) is 7.47. The summed E-state index contributed by atoms with van der Waals surface area (Å²) in [6.45, 7) is 6.29. The highest BCUT2D eigenvalue weighted by Crippen LogP contribution is 2.16. The SMILES string of the molecule is CC(C)=CCC/C(C)=C/C1ON=C(c2ccccn2)O1. The zero-order valence-corrected chi connectivity index (χ0v) is 12.2. The van der Waals surface area contributed by atoms with Gasteiger partial charge in [0, 0.05) is 6.20 Å². The molecule has 2 rings (SSSR count). The lowest BCUT2D eigenvalue weighted by molar-refractivity contribution is -0.00962. The second-order valence-corrected chi connectivity index (χ2v) is 5.04. The number of nitrogens with zero attached hydrogens (tertiary/aromatic N) is 2. The summed E-state index contributed by atoms with van der Waals surface area (Å²) in [5.74, 6) is 0.434. The molecule has 1 aliphatic heterocycles. The third kappa shape index (κ3) is 4.23. The largest absolute Gasteiger partial charge is 0.428 e. The first-order chi connectivity index (χ1) is 9.65. The Labute approximate surface area is 119 Å². The van der Waals surface area contributed by atoms with Crippen molar-refractivity contribution in [1.29, 1.82) is 0 Å². The molecule has 0 amide bonds. The van der Waals surface area contributed by atoms with Crippen molar-refractivity contribution >= 4 is 5.90 Å². The smallest absolute Gasteiger partial charge is 0.287 e. The minimum absolute atomic E-state index is 0.434. The third-order valence-electron chi connectivity index (χ3n) is 2.86. The first kappa shape index (κ1) is 14.3. The first-order valence-corrected chi connectivity index (χ1v) is 6.77. The number of pyridine rings is 1. The van der Waals surface area contributed by atoms with Gasteiger partial charge in [-0.2, -0.15) is 0 Å². The number of aromatic nitrogens is 1. The number of oxime groups is 1. The Balaban J connectivity index is 1.87. The lowest BCUT2D eigenvalue weighted by atomic mass is 10.1. The number of hydrogen-bond acceptors (Lipinski definition) is 4. The Morgan fingerprint density at radius 2 is 2.15 bits per heavy atom. The Bertz CT molecular complexity index is 529. The van der Waals surface area contributed by atoms with Crippen molar-refractivity contribution in [2.75, 3.05) is 0 Å². The van der Waals surface area contributed by atoms with Crippen LogP contribution in [0.1, 0.15) is 39.3 Å². The van der Waals surface area contributed by atoms with Gasteiger partial charge in [0.1, 0.15) is 5.69 Å². The van der Waals surface area contributed by atoms with E-state index in [1.54, 1.807) is 6.20 Å². The molecule has 0 aliphatic carbocycles. The average molecular weight is 272 g/mol. The van der Waals surface area contributed by atoms with Crippen molar-refractivity contribution < 1.29 is 9.57 Å². The minimum atomic E-state index is -0.446. The van der Waals surface area contributed by atoms with Crippen LogP contribution in [0.3, 0.4) is 0 Å². The van der Waals surface area contributed by atoms with Gasteiger partial charge in [0.15, 0.2) is 0 Å². The van der Waals surface area contributed by atoms with E-state index >= 15 is 0 Å². The Morgan fingerprint density at radius 3 is 2.85 bits per heavy atom. The zero-order chi connectivity index (χ0) is 14.4. The van der Waals surface area contributed by atoms with Crippen molar-refractivity contribution in [1.82, 2.24) is 4.98 Å². The van der Waals surface area contributed by atoms with Crippen molar-refractivity contribution in [3.63, 3.8) is 0 Å². The van der Waals surface area contributed by atoms with Crippen LogP contribution in [0.15, 0.2) is 52.8 Å². The highest BCUT2D eigenvalue weighted by molar-refractivity contribution is 5.92. The lowest BCUT2D eigenvalue weighted by Crippen LogP contribution is -2.11. The maximum atomic E-state index is 5.62. The highest BCUT2D eigenvalue weighted by atomic mass is 16.8. The van der Waals surface area contributed by atoms with Crippen LogP contribution in [0.5, 0.6) is 0 Å². The summed E-state index contributed by atoms with van der Waals surface area (Å²) >= 11 is 0. The van der Waals surface area contributed by atoms with Crippen LogP contribution in [0.4, 0.5) is 0 Å². The van der Waals surface area contributed by atoms with Crippen molar-refractivity contribution in [2.24, 2.45) is 5.16 Å². The van der Waals surface area contributed by atoms with Gasteiger partial charge in [-0.05, 0) is 57.0 Å². The van der Waals surface area contributed by atoms with Gasteiger partial charge >= 0.3 is 0 Å². The normalized spacial score (nSPS) is 18.1. The summed E-state index contributed by atoms with van der Waals surface area (Å²) in [7, 11) is 0. The molecule has 0 aromatic carbocycles. The monoisotopic (exact) mass is 272 g/mol. The average Bonchev–Trinajstić information content (AvgIpc) is 2.88. The highest BCUT2D eigenvalue weighted by Gasteiger charge is 2.21. The van der Waals surface area contributed by atoms with Gasteiger partial charge in [-0.25, -0.2) is 0 Å². The summed E-state index contributed by atoms with van der Waals surface area (Å²) in [6, 6.07) is 5.59. The molecule has 0 saturated heterocycles. The fraction of sp³-hybridized carbons (Fsp3) is 0.375. The molecule has 0 fully saturated rings. The van der Waals surface area contributed by atoms with Crippen LogP contribution in [0.2, 0.25) is 0 Å². The van der Waals surface area contributed by atoms with Crippen molar-refractivity contribution in [3.8, 4) is 0 Å². The van der Waals surface area contributed by atoms with E-state index in [0.29, 0.717) is 11.6 Å². The Morgan fingerprint density at radius 1 is 1.30 bits per heavy atom. The van der Waals surface area contributed by atoms with Crippen LogP contribution in [-0.4, -0.2) is 17.2 Å². The summed E-state index contributed by atoms with van der Waals surface area (Å²) < 4.78 is 5.62. The third-order valence-corrected chi connectivity index (χ3v) is 2.86. The molecule has 1 atom stereocenters. The summed E-state index contributed by atoms with van der Waals surface area (Å²) in [5, 5.41) is 3.92. The van der Waals surface area contributed by atoms with E-state index in [2.05, 4.69) is 37.0 Å². The molecule has 4 heteroatoms. The van der Waals surface area contributed by atoms with Gasteiger partial charge in [-0.1, -0.05) is 23.3 Å². The molecular weight excluding hydrogens is 252 g/mol. The van der Waals surface area contributed by atoms with Crippen molar-refractivity contribution in [2.45, 2.75) is 39.9 Å². The lowest BCUT2D eigenvalue weighted by Gasteiger charge is -2.06. The second kappa shape index (κ2) is 6.89. The van der Waals surface area contributed by atoms with E-state index < -0.39 is 6.29 Å². The molecule has 1 aromatic rings. The Kier molecular flexibility index (Phi) is 4.93. The molecule has 2 heterocycles. The maximum Gasteiger partial charge on any atom is 0.287 e. The molecule has 1 unspecified atom stereocenters. The van der Waals surface area contributed by atoms with Crippen LogP contribution in [0.25, 0.3) is 0 Å². The van der Waals surface area contributed by atoms with E-state index in [1.165, 1.54) is 11.1 Å². The maximum absolute atomic E-state index is 5.62. The second-order valence-electron chi connectivity index (χ2n) is 5.04. The minimum Gasteiger partial charge on any atom is -0.428 e. The van der Waals surface area contributed by atoms with E-state index in [1.807, 2.05) is 24.3 Å². The van der Waals surface area contributed by atoms with E-state index in [0.717, 1.165) is 12.8 Å². The molecule has 20 heavy (non-hydrogen) atoms. The van der Waals surface area contributed by atoms with Gasteiger partial charge in [-0.3, -0.25) is 4.98 Å². The fourth-order valence-electron chi connectivity index (χ4n) is 1.82. The quantitative estimate of drug-likeness (QED) is 0.765. The summed E-state index contributed by atoms with van der Waals surface area (Å²) in [4.78, 5) is 9.43. The van der Waals surface area contributed by atoms with Crippen molar-refractivity contribution in [3.05, 3.63) is 53.4 Å². The van der Waals surface area contributed by atoms with E-state index in [4.69, 9.17) is 9.57 Å². The number of ether oxygens (including phenoxy) is 1. The Hall–Kier alpha value is -2.10. The molecular formula is C16H20N2O2. The predicted octanol–water partition coefficient (Wildman–Crippen LogP) is 3.81. The van der Waals surface area contributed by atoms with Crippen LogP contribution >= 0.6 is 0 Å². The molecule has 106 valence electrons. The van der Waals surface area contributed by atoms with Crippen LogP contribution in [0, 0.1) is 0 Å². The fourth-order valence-corrected chi connectivity index (χ4v) is 1.82. The molecule has 0 spiro atoms. The van der Waals surface area contributed by atoms with Crippen LogP contribution in [-0.2, 0) is 9.57 Å². The van der Waals surface area contributed by atoms with Gasteiger partial charge in [0.2, 0.25) is 0 Å². The van der Waals surface area contributed by atoms with Crippen LogP contribution < -0.4 is 0 Å². The molecule has 4 nitrogen and oxygen atoms in total. The summed E-state index contributed by atoms with van der Waals surface area (Å²) in [5.41, 5.74) is 3.25.